The molecule has 0 aliphatic carbocycles. The lowest BCUT2D eigenvalue weighted by Crippen LogP contribution is -2.36. The van der Waals surface area contributed by atoms with Gasteiger partial charge in [-0.2, -0.15) is 0 Å². The van der Waals surface area contributed by atoms with E-state index in [4.69, 9.17) is 14.6 Å². The number of allylic oxidation sites excluding steroid dienone is 1. The monoisotopic (exact) mass is 384 g/mol. The van der Waals surface area contributed by atoms with Crippen molar-refractivity contribution in [2.24, 2.45) is 5.92 Å². The zero-order chi connectivity index (χ0) is 16.8. The fraction of sp³-hybridized carbons (Fsp3) is 0.471. The average molecular weight is 385 g/mol. The largest absolute Gasteiger partial charge is 0.475 e. The number of ether oxygens (including phenoxy) is 2. The van der Waals surface area contributed by atoms with Gasteiger partial charge in [0.05, 0.1) is 0 Å². The summed E-state index contributed by atoms with van der Waals surface area (Å²) in [7, 11) is 0. The molecule has 5 nitrogen and oxygen atoms in total. The molecular weight excluding hydrogens is 364 g/mol. The minimum Gasteiger partial charge on any atom is -0.475 e. The van der Waals surface area contributed by atoms with E-state index < -0.39 is 12.3 Å². The SMILES string of the molecule is CCO[C@@H]1OC(C(=O)O)=C[C@H](c2ccc(Br)cc2)[C@H]1CCCO. The van der Waals surface area contributed by atoms with Crippen LogP contribution in [-0.4, -0.2) is 35.7 Å². The minimum absolute atomic E-state index is 0.0497. The summed E-state index contributed by atoms with van der Waals surface area (Å²) in [4.78, 5) is 11.4. The molecule has 1 heterocycles. The number of rotatable bonds is 7. The van der Waals surface area contributed by atoms with Crippen molar-refractivity contribution >= 4 is 21.9 Å². The molecule has 1 aliphatic heterocycles. The van der Waals surface area contributed by atoms with E-state index in [0.717, 1.165) is 10.0 Å². The van der Waals surface area contributed by atoms with Gasteiger partial charge in [0, 0.05) is 29.5 Å². The van der Waals surface area contributed by atoms with Gasteiger partial charge in [-0.25, -0.2) is 4.79 Å². The number of hydrogen-bond acceptors (Lipinski definition) is 4. The van der Waals surface area contributed by atoms with Crippen LogP contribution in [0.3, 0.4) is 0 Å². The van der Waals surface area contributed by atoms with Crippen LogP contribution in [0.2, 0.25) is 0 Å². The predicted molar refractivity (Wildman–Crippen MR) is 88.9 cm³/mol. The van der Waals surface area contributed by atoms with Crippen LogP contribution < -0.4 is 0 Å². The first-order valence-corrected chi connectivity index (χ1v) is 8.45. The van der Waals surface area contributed by atoms with Crippen LogP contribution in [0.25, 0.3) is 0 Å². The van der Waals surface area contributed by atoms with Gasteiger partial charge >= 0.3 is 5.97 Å². The van der Waals surface area contributed by atoms with E-state index in [1.54, 1.807) is 6.08 Å². The van der Waals surface area contributed by atoms with E-state index in [-0.39, 0.29) is 24.2 Å². The Morgan fingerprint density at radius 2 is 2.04 bits per heavy atom. The van der Waals surface area contributed by atoms with Gasteiger partial charge in [-0.15, -0.1) is 0 Å². The Hall–Kier alpha value is -1.37. The average Bonchev–Trinajstić information content (AvgIpc) is 2.54. The van der Waals surface area contributed by atoms with Gasteiger partial charge in [0.25, 0.3) is 0 Å². The molecule has 0 aromatic heterocycles. The summed E-state index contributed by atoms with van der Waals surface area (Å²) in [6.45, 7) is 2.36. The first-order valence-electron chi connectivity index (χ1n) is 7.66. The van der Waals surface area contributed by atoms with Crippen molar-refractivity contribution in [1.29, 1.82) is 0 Å². The maximum Gasteiger partial charge on any atom is 0.370 e. The van der Waals surface area contributed by atoms with Crippen molar-refractivity contribution in [1.82, 2.24) is 0 Å². The Balaban J connectivity index is 2.38. The fourth-order valence-corrected chi connectivity index (χ4v) is 3.09. The number of carboxylic acid groups (broad SMARTS) is 1. The molecule has 0 radical (unpaired) electrons. The molecule has 2 rings (SSSR count). The molecule has 0 amide bonds. The molecule has 23 heavy (non-hydrogen) atoms. The number of carbonyl (C=O) groups is 1. The summed E-state index contributed by atoms with van der Waals surface area (Å²) in [5.74, 6) is -1.37. The second-order valence-corrected chi connectivity index (χ2v) is 6.30. The van der Waals surface area contributed by atoms with Crippen LogP contribution >= 0.6 is 15.9 Å². The molecular formula is C17H21BrO5. The third-order valence-electron chi connectivity index (χ3n) is 3.88. The Morgan fingerprint density at radius 3 is 2.61 bits per heavy atom. The van der Waals surface area contributed by atoms with Crippen LogP contribution in [0, 0.1) is 5.92 Å². The zero-order valence-corrected chi connectivity index (χ0v) is 14.5. The molecule has 0 saturated carbocycles. The van der Waals surface area contributed by atoms with Gasteiger partial charge < -0.3 is 19.7 Å². The minimum atomic E-state index is -1.10. The lowest BCUT2D eigenvalue weighted by atomic mass is 9.80. The van der Waals surface area contributed by atoms with Gasteiger partial charge in [-0.1, -0.05) is 28.1 Å². The lowest BCUT2D eigenvalue weighted by molar-refractivity contribution is -0.173. The molecule has 3 atom stereocenters. The van der Waals surface area contributed by atoms with Gasteiger partial charge in [0.15, 0.2) is 0 Å². The summed E-state index contributed by atoms with van der Waals surface area (Å²) in [5.41, 5.74) is 1.00. The molecule has 6 heteroatoms. The highest BCUT2D eigenvalue weighted by molar-refractivity contribution is 9.10. The number of benzene rings is 1. The predicted octanol–water partition coefficient (Wildman–Crippen LogP) is 3.28. The second kappa shape index (κ2) is 8.47. The van der Waals surface area contributed by atoms with Crippen LogP contribution in [-0.2, 0) is 14.3 Å². The topological polar surface area (TPSA) is 76.0 Å². The molecule has 1 aliphatic rings. The highest BCUT2D eigenvalue weighted by Crippen LogP contribution is 2.39. The van der Waals surface area contributed by atoms with Gasteiger partial charge in [-0.05, 0) is 43.5 Å². The van der Waals surface area contributed by atoms with E-state index in [1.165, 1.54) is 0 Å². The van der Waals surface area contributed by atoms with Gasteiger partial charge in [0.2, 0.25) is 12.0 Å². The number of halogens is 1. The first-order chi connectivity index (χ1) is 11.1. The van der Waals surface area contributed by atoms with E-state index in [9.17, 15) is 9.90 Å². The highest BCUT2D eigenvalue weighted by atomic mass is 79.9. The molecule has 0 fully saturated rings. The number of aliphatic hydroxyl groups excluding tert-OH is 1. The maximum atomic E-state index is 11.4. The Kier molecular flexibility index (Phi) is 6.62. The molecule has 1 aromatic rings. The van der Waals surface area contributed by atoms with Crippen LogP contribution in [0.4, 0.5) is 0 Å². The van der Waals surface area contributed by atoms with Crippen molar-refractivity contribution in [3.63, 3.8) is 0 Å². The summed E-state index contributed by atoms with van der Waals surface area (Å²) >= 11 is 3.41. The van der Waals surface area contributed by atoms with Gasteiger partial charge in [0.1, 0.15) is 0 Å². The molecule has 0 bridgehead atoms. The number of aliphatic hydroxyl groups is 1. The highest BCUT2D eigenvalue weighted by Gasteiger charge is 2.37. The third-order valence-corrected chi connectivity index (χ3v) is 4.41. The maximum absolute atomic E-state index is 11.4. The summed E-state index contributed by atoms with van der Waals surface area (Å²) in [6, 6.07) is 7.78. The molecule has 0 spiro atoms. The number of hydrogen-bond donors (Lipinski definition) is 2. The molecule has 126 valence electrons. The smallest absolute Gasteiger partial charge is 0.370 e. The summed E-state index contributed by atoms with van der Waals surface area (Å²) in [6.07, 6.45) is 2.31. The van der Waals surface area contributed by atoms with Crippen molar-refractivity contribution in [2.75, 3.05) is 13.2 Å². The zero-order valence-electron chi connectivity index (χ0n) is 12.9. The fourth-order valence-electron chi connectivity index (χ4n) is 2.82. The van der Waals surface area contributed by atoms with Crippen molar-refractivity contribution < 1.29 is 24.5 Å². The van der Waals surface area contributed by atoms with Crippen LogP contribution in [0.1, 0.15) is 31.2 Å². The Bertz CT molecular complexity index is 555. The quantitative estimate of drug-likeness (QED) is 0.754. The molecule has 2 N–H and O–H groups in total. The molecule has 0 unspecified atom stereocenters. The van der Waals surface area contributed by atoms with E-state index in [2.05, 4.69) is 15.9 Å². The Morgan fingerprint density at radius 1 is 1.35 bits per heavy atom. The van der Waals surface area contributed by atoms with Crippen LogP contribution in [0.15, 0.2) is 40.6 Å². The summed E-state index contributed by atoms with van der Waals surface area (Å²) < 4.78 is 12.1. The Labute approximate surface area is 144 Å². The van der Waals surface area contributed by atoms with Crippen molar-refractivity contribution in [2.45, 2.75) is 32.0 Å². The lowest BCUT2D eigenvalue weighted by Gasteiger charge is -2.36. The first kappa shape index (κ1) is 18.0. The van der Waals surface area contributed by atoms with Crippen LogP contribution in [0.5, 0.6) is 0 Å². The van der Waals surface area contributed by atoms with Crippen molar-refractivity contribution in [3.05, 3.63) is 46.1 Å². The normalized spacial score (nSPS) is 24.0. The summed E-state index contributed by atoms with van der Waals surface area (Å²) in [5, 5.41) is 18.4. The standard InChI is InChI=1S/C17H21BrO5/c1-2-22-17-13(4-3-9-19)14(10-15(23-17)16(20)21)11-5-7-12(18)8-6-11/h5-8,10,13-14,17,19H,2-4,9H2,1H3,(H,20,21)/t13-,14-,17-/m1/s1. The van der Waals surface area contributed by atoms with E-state index in [0.29, 0.717) is 19.4 Å². The number of aliphatic carboxylic acids is 1. The molecule has 0 saturated heterocycles. The number of carboxylic acids is 1. The van der Waals surface area contributed by atoms with E-state index >= 15 is 0 Å². The van der Waals surface area contributed by atoms with Gasteiger partial charge in [-0.3, -0.25) is 0 Å². The molecule has 1 aromatic carbocycles. The van der Waals surface area contributed by atoms with Crippen molar-refractivity contribution in [3.8, 4) is 0 Å². The third kappa shape index (κ3) is 4.56. The second-order valence-electron chi connectivity index (χ2n) is 5.38. The van der Waals surface area contributed by atoms with E-state index in [1.807, 2.05) is 31.2 Å².